The van der Waals surface area contributed by atoms with Gasteiger partial charge < -0.3 is 15.2 Å². The SMILES string of the molecule is N#CCOc1cccc(NC(=O)c2ccc(Cl)cc2O)c1. The first-order chi connectivity index (χ1) is 10.1. The highest BCUT2D eigenvalue weighted by Crippen LogP contribution is 2.24. The molecule has 0 saturated heterocycles. The second-order valence-electron chi connectivity index (χ2n) is 4.09. The summed E-state index contributed by atoms with van der Waals surface area (Å²) in [4.78, 5) is 12.1. The van der Waals surface area contributed by atoms with Crippen LogP contribution in [0.2, 0.25) is 5.02 Å². The monoisotopic (exact) mass is 302 g/mol. The Morgan fingerprint density at radius 1 is 1.33 bits per heavy atom. The van der Waals surface area contributed by atoms with Crippen molar-refractivity contribution in [2.75, 3.05) is 11.9 Å². The smallest absolute Gasteiger partial charge is 0.259 e. The molecule has 2 rings (SSSR count). The van der Waals surface area contributed by atoms with Crippen molar-refractivity contribution in [2.45, 2.75) is 0 Å². The van der Waals surface area contributed by atoms with Gasteiger partial charge >= 0.3 is 0 Å². The normalized spacial score (nSPS) is 9.71. The molecule has 2 N–H and O–H groups in total. The Morgan fingerprint density at radius 2 is 2.14 bits per heavy atom. The highest BCUT2D eigenvalue weighted by Gasteiger charge is 2.12. The first-order valence-electron chi connectivity index (χ1n) is 6.00. The maximum atomic E-state index is 12.1. The number of amides is 1. The van der Waals surface area contributed by atoms with Gasteiger partial charge in [0.1, 0.15) is 17.6 Å². The van der Waals surface area contributed by atoms with E-state index in [0.29, 0.717) is 16.5 Å². The summed E-state index contributed by atoms with van der Waals surface area (Å²) < 4.78 is 5.14. The van der Waals surface area contributed by atoms with Gasteiger partial charge in [-0.25, -0.2) is 0 Å². The zero-order chi connectivity index (χ0) is 15.2. The summed E-state index contributed by atoms with van der Waals surface area (Å²) in [6.07, 6.45) is 0. The molecule has 2 aromatic carbocycles. The lowest BCUT2D eigenvalue weighted by Crippen LogP contribution is -2.12. The highest BCUT2D eigenvalue weighted by atomic mass is 35.5. The maximum Gasteiger partial charge on any atom is 0.259 e. The van der Waals surface area contributed by atoms with Gasteiger partial charge in [-0.3, -0.25) is 4.79 Å². The minimum atomic E-state index is -0.471. The van der Waals surface area contributed by atoms with Crippen molar-refractivity contribution in [3.63, 3.8) is 0 Å². The lowest BCUT2D eigenvalue weighted by atomic mass is 10.2. The Hall–Kier alpha value is -2.71. The molecule has 106 valence electrons. The number of nitrogens with zero attached hydrogens (tertiary/aromatic N) is 1. The summed E-state index contributed by atoms with van der Waals surface area (Å²) in [6, 6.07) is 12.7. The third-order valence-corrected chi connectivity index (χ3v) is 2.83. The lowest BCUT2D eigenvalue weighted by molar-refractivity contribution is 0.102. The number of benzene rings is 2. The van der Waals surface area contributed by atoms with Crippen molar-refractivity contribution in [3.8, 4) is 17.6 Å². The van der Waals surface area contributed by atoms with Crippen molar-refractivity contribution < 1.29 is 14.6 Å². The minimum absolute atomic E-state index is 0.0740. The van der Waals surface area contributed by atoms with Crippen LogP contribution in [0.1, 0.15) is 10.4 Å². The highest BCUT2D eigenvalue weighted by molar-refractivity contribution is 6.30. The van der Waals surface area contributed by atoms with Crippen LogP contribution in [0.4, 0.5) is 5.69 Å². The molecule has 0 spiro atoms. The molecule has 0 radical (unpaired) electrons. The molecule has 0 aromatic heterocycles. The Balaban J connectivity index is 2.14. The summed E-state index contributed by atoms with van der Waals surface area (Å²) in [5.74, 6) is -0.201. The molecule has 0 fully saturated rings. The van der Waals surface area contributed by atoms with E-state index in [9.17, 15) is 9.90 Å². The first kappa shape index (κ1) is 14.7. The number of phenols is 1. The van der Waals surface area contributed by atoms with E-state index in [-0.39, 0.29) is 17.9 Å². The number of carbonyl (C=O) groups excluding carboxylic acids is 1. The number of anilines is 1. The average molecular weight is 303 g/mol. The molecule has 0 aliphatic rings. The standard InChI is InChI=1S/C15H11ClN2O3/c16-10-4-5-13(14(19)8-10)15(20)18-11-2-1-3-12(9-11)21-7-6-17/h1-5,8-9,19H,7H2,(H,18,20). The number of hydrogen-bond donors (Lipinski definition) is 2. The zero-order valence-corrected chi connectivity index (χ0v) is 11.6. The third kappa shape index (κ3) is 3.88. The average Bonchev–Trinajstić information content (AvgIpc) is 2.45. The number of phenolic OH excluding ortho intramolecular Hbond substituents is 1. The van der Waals surface area contributed by atoms with Crippen LogP contribution in [-0.4, -0.2) is 17.6 Å². The van der Waals surface area contributed by atoms with Crippen LogP contribution in [0.3, 0.4) is 0 Å². The number of aromatic hydroxyl groups is 1. The summed E-state index contributed by atoms with van der Waals surface area (Å²) in [5.41, 5.74) is 0.604. The number of halogens is 1. The van der Waals surface area contributed by atoms with Crippen LogP contribution in [0.5, 0.6) is 11.5 Å². The molecule has 0 heterocycles. The van der Waals surface area contributed by atoms with Gasteiger partial charge in [0.15, 0.2) is 6.61 Å². The van der Waals surface area contributed by atoms with Crippen LogP contribution in [0.25, 0.3) is 0 Å². The molecule has 0 aliphatic carbocycles. The van der Waals surface area contributed by atoms with E-state index < -0.39 is 5.91 Å². The second kappa shape index (κ2) is 6.64. The van der Waals surface area contributed by atoms with Crippen LogP contribution in [0, 0.1) is 11.3 Å². The summed E-state index contributed by atoms with van der Waals surface area (Å²) in [6.45, 7) is -0.0740. The summed E-state index contributed by atoms with van der Waals surface area (Å²) >= 11 is 5.72. The van der Waals surface area contributed by atoms with E-state index in [1.165, 1.54) is 18.2 Å². The van der Waals surface area contributed by atoms with E-state index in [4.69, 9.17) is 21.6 Å². The number of nitrogens with one attached hydrogen (secondary N) is 1. The summed E-state index contributed by atoms with van der Waals surface area (Å²) in [5, 5.41) is 21.1. The topological polar surface area (TPSA) is 82.3 Å². The van der Waals surface area contributed by atoms with Gasteiger partial charge in [0.05, 0.1) is 5.56 Å². The number of hydrogen-bond acceptors (Lipinski definition) is 4. The molecule has 0 saturated carbocycles. The van der Waals surface area contributed by atoms with Crippen molar-refractivity contribution in [1.82, 2.24) is 0 Å². The Bertz CT molecular complexity index is 710. The molecule has 0 aliphatic heterocycles. The van der Waals surface area contributed by atoms with Crippen molar-refractivity contribution in [3.05, 3.63) is 53.1 Å². The van der Waals surface area contributed by atoms with Crippen LogP contribution < -0.4 is 10.1 Å². The fourth-order valence-corrected chi connectivity index (χ4v) is 1.84. The van der Waals surface area contributed by atoms with E-state index in [2.05, 4.69) is 5.32 Å². The molecule has 2 aromatic rings. The molecule has 6 heteroatoms. The Labute approximate surface area is 126 Å². The quantitative estimate of drug-likeness (QED) is 0.908. The van der Waals surface area contributed by atoms with Crippen LogP contribution >= 0.6 is 11.6 Å². The maximum absolute atomic E-state index is 12.1. The summed E-state index contributed by atoms with van der Waals surface area (Å²) in [7, 11) is 0. The zero-order valence-electron chi connectivity index (χ0n) is 10.8. The largest absolute Gasteiger partial charge is 0.507 e. The van der Waals surface area contributed by atoms with Gasteiger partial charge in [0, 0.05) is 16.8 Å². The second-order valence-corrected chi connectivity index (χ2v) is 4.53. The van der Waals surface area contributed by atoms with Crippen molar-refractivity contribution >= 4 is 23.2 Å². The van der Waals surface area contributed by atoms with Gasteiger partial charge in [-0.1, -0.05) is 17.7 Å². The van der Waals surface area contributed by atoms with E-state index >= 15 is 0 Å². The number of rotatable bonds is 4. The van der Waals surface area contributed by atoms with Crippen molar-refractivity contribution in [2.24, 2.45) is 0 Å². The lowest BCUT2D eigenvalue weighted by Gasteiger charge is -2.08. The molecule has 0 bridgehead atoms. The van der Waals surface area contributed by atoms with Gasteiger partial charge in [-0.05, 0) is 30.3 Å². The molecule has 0 unspecified atom stereocenters. The van der Waals surface area contributed by atoms with Crippen LogP contribution in [0.15, 0.2) is 42.5 Å². The van der Waals surface area contributed by atoms with Gasteiger partial charge in [0.25, 0.3) is 5.91 Å². The van der Waals surface area contributed by atoms with E-state index in [1.807, 2.05) is 6.07 Å². The fraction of sp³-hybridized carbons (Fsp3) is 0.0667. The predicted octanol–water partition coefficient (Wildman–Crippen LogP) is 3.20. The molecular formula is C15H11ClN2O3. The van der Waals surface area contributed by atoms with E-state index in [1.54, 1.807) is 24.3 Å². The predicted molar refractivity (Wildman–Crippen MR) is 78.6 cm³/mol. The minimum Gasteiger partial charge on any atom is -0.507 e. The van der Waals surface area contributed by atoms with Gasteiger partial charge in [-0.2, -0.15) is 5.26 Å². The van der Waals surface area contributed by atoms with Crippen LogP contribution in [-0.2, 0) is 0 Å². The van der Waals surface area contributed by atoms with Crippen molar-refractivity contribution in [1.29, 1.82) is 5.26 Å². The van der Waals surface area contributed by atoms with E-state index in [0.717, 1.165) is 0 Å². The number of ether oxygens (including phenoxy) is 1. The Kier molecular flexibility index (Phi) is 4.64. The Morgan fingerprint density at radius 3 is 2.86 bits per heavy atom. The fourth-order valence-electron chi connectivity index (χ4n) is 1.67. The third-order valence-electron chi connectivity index (χ3n) is 2.60. The van der Waals surface area contributed by atoms with Gasteiger partial charge in [0.2, 0.25) is 0 Å². The molecule has 1 amide bonds. The molecule has 5 nitrogen and oxygen atoms in total. The van der Waals surface area contributed by atoms with Gasteiger partial charge in [-0.15, -0.1) is 0 Å². The number of carbonyl (C=O) groups is 1. The first-order valence-corrected chi connectivity index (χ1v) is 6.37. The molecule has 21 heavy (non-hydrogen) atoms. The number of nitriles is 1. The molecular weight excluding hydrogens is 292 g/mol. The molecule has 0 atom stereocenters.